The van der Waals surface area contributed by atoms with Gasteiger partial charge in [-0.15, -0.1) is 0 Å². The summed E-state index contributed by atoms with van der Waals surface area (Å²) in [4.78, 5) is 11.6. The van der Waals surface area contributed by atoms with Gasteiger partial charge in [-0.1, -0.05) is 36.4 Å². The molecule has 0 saturated carbocycles. The van der Waals surface area contributed by atoms with Gasteiger partial charge in [-0.05, 0) is 29.3 Å². The first kappa shape index (κ1) is 16.3. The quantitative estimate of drug-likeness (QED) is 0.890. The van der Waals surface area contributed by atoms with Crippen molar-refractivity contribution < 1.29 is 18.0 Å². The molecule has 0 radical (unpaired) electrons. The third-order valence-corrected chi connectivity index (χ3v) is 3.26. The van der Waals surface area contributed by atoms with Crippen LogP contribution in [0.5, 0.6) is 0 Å². The first-order chi connectivity index (χ1) is 10.3. The van der Waals surface area contributed by atoms with Crippen LogP contribution in [0.3, 0.4) is 0 Å². The van der Waals surface area contributed by atoms with Crippen LogP contribution in [-0.4, -0.2) is 25.2 Å². The zero-order valence-corrected chi connectivity index (χ0v) is 12.1. The van der Waals surface area contributed by atoms with Crippen LogP contribution in [0.15, 0.2) is 42.5 Å². The fraction of sp³-hybridized carbons (Fsp3) is 0.312. The second-order valence-electron chi connectivity index (χ2n) is 5.11. The molecule has 3 nitrogen and oxygen atoms in total. The van der Waals surface area contributed by atoms with E-state index in [1.807, 2.05) is 42.5 Å². The Morgan fingerprint density at radius 1 is 1.14 bits per heavy atom. The highest BCUT2D eigenvalue weighted by Gasteiger charge is 2.26. The van der Waals surface area contributed by atoms with Crippen LogP contribution in [0.1, 0.15) is 18.5 Å². The molecule has 118 valence electrons. The lowest BCUT2D eigenvalue weighted by molar-refractivity contribution is -0.128. The highest BCUT2D eigenvalue weighted by Crippen LogP contribution is 2.20. The van der Waals surface area contributed by atoms with Crippen LogP contribution in [0.25, 0.3) is 10.8 Å². The molecule has 6 heteroatoms. The number of amides is 1. The Balaban J connectivity index is 1.92. The molecule has 2 aromatic rings. The Kier molecular flexibility index (Phi) is 5.03. The largest absolute Gasteiger partial charge is 0.401 e. The van der Waals surface area contributed by atoms with Gasteiger partial charge in [0.05, 0.1) is 19.1 Å². The Morgan fingerprint density at radius 2 is 1.82 bits per heavy atom. The van der Waals surface area contributed by atoms with Gasteiger partial charge in [0.15, 0.2) is 0 Å². The van der Waals surface area contributed by atoms with E-state index in [-0.39, 0.29) is 12.6 Å². The average molecular weight is 310 g/mol. The Morgan fingerprint density at radius 3 is 2.50 bits per heavy atom. The van der Waals surface area contributed by atoms with E-state index < -0.39 is 18.6 Å². The summed E-state index contributed by atoms with van der Waals surface area (Å²) >= 11 is 0. The second kappa shape index (κ2) is 6.79. The smallest absolute Gasteiger partial charge is 0.348 e. The van der Waals surface area contributed by atoms with Crippen molar-refractivity contribution in [2.45, 2.75) is 19.1 Å². The lowest BCUT2D eigenvalue weighted by atomic mass is 10.0. The van der Waals surface area contributed by atoms with E-state index in [1.54, 1.807) is 6.92 Å². The predicted molar refractivity (Wildman–Crippen MR) is 79.4 cm³/mol. The number of nitrogens with one attached hydrogen (secondary N) is 2. The van der Waals surface area contributed by atoms with Crippen molar-refractivity contribution in [2.24, 2.45) is 0 Å². The summed E-state index contributed by atoms with van der Waals surface area (Å²) in [5, 5.41) is 6.90. The monoisotopic (exact) mass is 310 g/mol. The van der Waals surface area contributed by atoms with Gasteiger partial charge >= 0.3 is 6.18 Å². The molecule has 22 heavy (non-hydrogen) atoms. The summed E-state index contributed by atoms with van der Waals surface area (Å²) in [7, 11) is 0. The van der Waals surface area contributed by atoms with Crippen molar-refractivity contribution in [3.63, 3.8) is 0 Å². The Bertz CT molecular complexity index is 655. The Labute approximate surface area is 126 Å². The minimum Gasteiger partial charge on any atom is -0.348 e. The molecule has 2 rings (SSSR count). The molecule has 2 aromatic carbocycles. The lowest BCUT2D eigenvalue weighted by Crippen LogP contribution is -2.39. The number of fused-ring (bicyclic) bond motifs is 1. The van der Waals surface area contributed by atoms with E-state index in [0.717, 1.165) is 16.3 Å². The first-order valence-electron chi connectivity index (χ1n) is 6.91. The summed E-state index contributed by atoms with van der Waals surface area (Å²) in [5.74, 6) is -0.468. The zero-order chi connectivity index (χ0) is 16.2. The van der Waals surface area contributed by atoms with Gasteiger partial charge in [-0.3, -0.25) is 4.79 Å². The van der Waals surface area contributed by atoms with Gasteiger partial charge in [0.25, 0.3) is 0 Å². The highest BCUT2D eigenvalue weighted by molar-refractivity contribution is 5.83. The molecule has 1 atom stereocenters. The molecule has 0 bridgehead atoms. The van der Waals surface area contributed by atoms with Crippen molar-refractivity contribution in [2.75, 3.05) is 13.1 Å². The normalized spacial score (nSPS) is 13.1. The number of halogens is 3. The summed E-state index contributed by atoms with van der Waals surface area (Å²) in [5.41, 5.74) is 0.905. The average Bonchev–Trinajstić information content (AvgIpc) is 2.45. The molecule has 2 N–H and O–H groups in total. The molecule has 0 spiro atoms. The first-order valence-corrected chi connectivity index (χ1v) is 6.91. The van der Waals surface area contributed by atoms with Gasteiger partial charge in [0.1, 0.15) is 0 Å². The van der Waals surface area contributed by atoms with Gasteiger partial charge < -0.3 is 10.6 Å². The van der Waals surface area contributed by atoms with E-state index in [9.17, 15) is 18.0 Å². The van der Waals surface area contributed by atoms with Gasteiger partial charge in [-0.2, -0.15) is 13.2 Å². The summed E-state index contributed by atoms with van der Waals surface area (Å²) in [6.45, 7) is 0.258. The highest BCUT2D eigenvalue weighted by atomic mass is 19.4. The molecule has 0 saturated heterocycles. The fourth-order valence-electron chi connectivity index (χ4n) is 2.17. The van der Waals surface area contributed by atoms with E-state index >= 15 is 0 Å². The molecule has 0 aromatic heterocycles. The summed E-state index contributed by atoms with van der Waals surface area (Å²) in [6, 6.07) is 13.4. The number of hydrogen-bond acceptors (Lipinski definition) is 2. The maximum Gasteiger partial charge on any atom is 0.401 e. The SMILES string of the molecule is CC(NC(=O)CNCC(F)(F)F)c1ccc2ccccc2c1. The minimum absolute atomic E-state index is 0.273. The summed E-state index contributed by atoms with van der Waals surface area (Å²) < 4.78 is 36.0. The molecular formula is C16H17F3N2O. The summed E-state index contributed by atoms with van der Waals surface area (Å²) in [6.07, 6.45) is -4.32. The predicted octanol–water partition coefficient (Wildman–Crippen LogP) is 3.17. The number of alkyl halides is 3. The van der Waals surface area contributed by atoms with Crippen molar-refractivity contribution >= 4 is 16.7 Å². The van der Waals surface area contributed by atoms with Crippen LogP contribution in [0, 0.1) is 0 Å². The van der Waals surface area contributed by atoms with Crippen LogP contribution in [0.4, 0.5) is 13.2 Å². The molecule has 1 unspecified atom stereocenters. The standard InChI is InChI=1S/C16H17F3N2O/c1-11(21-15(22)9-20-10-16(17,18)19)13-7-6-12-4-2-3-5-14(12)8-13/h2-8,11,20H,9-10H2,1H3,(H,21,22). The van der Waals surface area contributed by atoms with E-state index in [4.69, 9.17) is 0 Å². The number of hydrogen-bond donors (Lipinski definition) is 2. The molecule has 0 heterocycles. The number of carbonyl (C=O) groups excluding carboxylic acids is 1. The third kappa shape index (κ3) is 4.73. The van der Waals surface area contributed by atoms with E-state index in [1.165, 1.54) is 0 Å². The maximum atomic E-state index is 12.0. The number of benzene rings is 2. The Hall–Kier alpha value is -2.08. The molecule has 0 aliphatic heterocycles. The molecular weight excluding hydrogens is 293 g/mol. The maximum absolute atomic E-state index is 12.0. The van der Waals surface area contributed by atoms with Crippen molar-refractivity contribution in [3.8, 4) is 0 Å². The van der Waals surface area contributed by atoms with Gasteiger partial charge in [0.2, 0.25) is 5.91 Å². The molecule has 1 amide bonds. The fourth-order valence-corrected chi connectivity index (χ4v) is 2.17. The van der Waals surface area contributed by atoms with Crippen molar-refractivity contribution in [1.29, 1.82) is 0 Å². The van der Waals surface area contributed by atoms with Crippen LogP contribution in [0.2, 0.25) is 0 Å². The van der Waals surface area contributed by atoms with Crippen molar-refractivity contribution in [1.82, 2.24) is 10.6 Å². The van der Waals surface area contributed by atoms with E-state index in [0.29, 0.717) is 0 Å². The van der Waals surface area contributed by atoms with Crippen LogP contribution in [-0.2, 0) is 4.79 Å². The second-order valence-corrected chi connectivity index (χ2v) is 5.11. The van der Waals surface area contributed by atoms with Gasteiger partial charge in [0, 0.05) is 0 Å². The number of carbonyl (C=O) groups is 1. The van der Waals surface area contributed by atoms with Crippen LogP contribution >= 0.6 is 0 Å². The lowest BCUT2D eigenvalue weighted by Gasteiger charge is -2.16. The third-order valence-electron chi connectivity index (χ3n) is 3.26. The molecule has 0 fully saturated rings. The topological polar surface area (TPSA) is 41.1 Å². The minimum atomic E-state index is -4.32. The molecule has 0 aliphatic rings. The number of rotatable bonds is 5. The van der Waals surface area contributed by atoms with Gasteiger partial charge in [-0.25, -0.2) is 0 Å². The zero-order valence-electron chi connectivity index (χ0n) is 12.1. The van der Waals surface area contributed by atoms with Crippen LogP contribution < -0.4 is 10.6 Å². The molecule has 0 aliphatic carbocycles. The van der Waals surface area contributed by atoms with Crippen molar-refractivity contribution in [3.05, 3.63) is 48.0 Å². The van der Waals surface area contributed by atoms with E-state index in [2.05, 4.69) is 10.6 Å².